The van der Waals surface area contributed by atoms with E-state index < -0.39 is 5.97 Å². The van der Waals surface area contributed by atoms with Gasteiger partial charge in [0.25, 0.3) is 0 Å². The van der Waals surface area contributed by atoms with Crippen LogP contribution in [0, 0.1) is 6.92 Å². The molecule has 1 rings (SSSR count). The lowest BCUT2D eigenvalue weighted by Gasteiger charge is -2.09. The molecule has 0 unspecified atom stereocenters. The molecule has 1 N–H and O–H groups in total. The highest BCUT2D eigenvalue weighted by molar-refractivity contribution is 5.94. The van der Waals surface area contributed by atoms with Gasteiger partial charge in [-0.15, -0.1) is 0 Å². The number of carbonyl (C=O) groups excluding carboxylic acids is 2. The van der Waals surface area contributed by atoms with Gasteiger partial charge in [-0.05, 0) is 31.1 Å². The van der Waals surface area contributed by atoms with Crippen LogP contribution in [0.25, 0.3) is 6.08 Å². The van der Waals surface area contributed by atoms with Crippen LogP contribution in [0.3, 0.4) is 0 Å². The second-order valence-electron chi connectivity index (χ2n) is 3.81. The number of benzene rings is 1. The minimum absolute atomic E-state index is 0.143. The van der Waals surface area contributed by atoms with Crippen molar-refractivity contribution in [2.45, 2.75) is 20.8 Å². The predicted molar refractivity (Wildman–Crippen MR) is 71.1 cm³/mol. The zero-order valence-corrected chi connectivity index (χ0v) is 10.8. The minimum atomic E-state index is -0.396. The van der Waals surface area contributed by atoms with Gasteiger partial charge in [-0.3, -0.25) is 4.79 Å². The highest BCUT2D eigenvalue weighted by atomic mass is 16.5. The van der Waals surface area contributed by atoms with E-state index >= 15 is 0 Å². The molecular formula is C14H17NO3. The van der Waals surface area contributed by atoms with Crippen molar-refractivity contribution >= 4 is 23.6 Å². The molecular weight excluding hydrogens is 230 g/mol. The lowest BCUT2D eigenvalue weighted by Crippen LogP contribution is -2.08. The summed E-state index contributed by atoms with van der Waals surface area (Å²) >= 11 is 0. The van der Waals surface area contributed by atoms with Gasteiger partial charge in [0.2, 0.25) is 5.91 Å². The van der Waals surface area contributed by atoms with Gasteiger partial charge in [0.05, 0.1) is 12.3 Å². The Hall–Kier alpha value is -2.10. The van der Waals surface area contributed by atoms with E-state index in [4.69, 9.17) is 4.74 Å². The first kappa shape index (κ1) is 14.0. The van der Waals surface area contributed by atoms with E-state index in [2.05, 4.69) is 5.32 Å². The van der Waals surface area contributed by atoms with Crippen molar-refractivity contribution in [2.24, 2.45) is 0 Å². The third-order valence-electron chi connectivity index (χ3n) is 2.29. The van der Waals surface area contributed by atoms with Gasteiger partial charge in [-0.25, -0.2) is 4.79 Å². The smallest absolute Gasteiger partial charge is 0.330 e. The van der Waals surface area contributed by atoms with Gasteiger partial charge in [0.15, 0.2) is 0 Å². The highest BCUT2D eigenvalue weighted by Crippen LogP contribution is 2.21. The number of aryl methyl sites for hydroxylation is 1. The largest absolute Gasteiger partial charge is 0.463 e. The number of carbonyl (C=O) groups is 2. The summed E-state index contributed by atoms with van der Waals surface area (Å²) in [6.07, 6.45) is 2.99. The number of rotatable bonds is 4. The Morgan fingerprint density at radius 3 is 2.72 bits per heavy atom. The fraction of sp³-hybridized carbons (Fsp3) is 0.286. The summed E-state index contributed by atoms with van der Waals surface area (Å²) in [5.74, 6) is -0.539. The van der Waals surface area contributed by atoms with Gasteiger partial charge >= 0.3 is 5.97 Å². The predicted octanol–water partition coefficient (Wildman–Crippen LogP) is 2.53. The van der Waals surface area contributed by atoms with Crippen molar-refractivity contribution in [1.82, 2.24) is 0 Å². The van der Waals surface area contributed by atoms with Crippen molar-refractivity contribution < 1.29 is 14.3 Å². The molecule has 4 heteroatoms. The van der Waals surface area contributed by atoms with E-state index in [9.17, 15) is 9.59 Å². The van der Waals surface area contributed by atoms with Crippen LogP contribution in [0.4, 0.5) is 5.69 Å². The Labute approximate surface area is 107 Å². The normalized spacial score (nSPS) is 10.4. The van der Waals surface area contributed by atoms with E-state index in [1.54, 1.807) is 13.0 Å². The molecule has 0 aliphatic carbocycles. The molecule has 96 valence electrons. The highest BCUT2D eigenvalue weighted by Gasteiger charge is 2.05. The minimum Gasteiger partial charge on any atom is -0.463 e. The monoisotopic (exact) mass is 247 g/mol. The number of hydrogen-bond donors (Lipinski definition) is 1. The number of anilines is 1. The SMILES string of the molecule is CCOC(=O)/C=C/c1cccc(C)c1NC(C)=O. The summed E-state index contributed by atoms with van der Waals surface area (Å²) in [4.78, 5) is 22.4. The fourth-order valence-corrected chi connectivity index (χ4v) is 1.52. The van der Waals surface area contributed by atoms with Crippen molar-refractivity contribution in [1.29, 1.82) is 0 Å². The van der Waals surface area contributed by atoms with Crippen LogP contribution in [0.15, 0.2) is 24.3 Å². The Morgan fingerprint density at radius 2 is 2.11 bits per heavy atom. The van der Waals surface area contributed by atoms with Crippen molar-refractivity contribution in [3.63, 3.8) is 0 Å². The second-order valence-corrected chi connectivity index (χ2v) is 3.81. The van der Waals surface area contributed by atoms with Crippen LogP contribution in [0.2, 0.25) is 0 Å². The lowest BCUT2D eigenvalue weighted by molar-refractivity contribution is -0.137. The summed E-state index contributed by atoms with van der Waals surface area (Å²) in [5, 5.41) is 2.76. The molecule has 1 aromatic carbocycles. The molecule has 0 saturated heterocycles. The van der Waals surface area contributed by atoms with Crippen LogP contribution < -0.4 is 5.32 Å². The van der Waals surface area contributed by atoms with E-state index in [0.717, 1.165) is 11.1 Å². The number of esters is 1. The number of ether oxygens (including phenoxy) is 1. The van der Waals surface area contributed by atoms with Crippen molar-refractivity contribution in [2.75, 3.05) is 11.9 Å². The molecule has 0 spiro atoms. The van der Waals surface area contributed by atoms with E-state index in [0.29, 0.717) is 12.3 Å². The zero-order valence-electron chi connectivity index (χ0n) is 10.8. The molecule has 0 aliphatic heterocycles. The molecule has 0 radical (unpaired) electrons. The van der Waals surface area contributed by atoms with E-state index in [1.165, 1.54) is 13.0 Å². The van der Waals surface area contributed by atoms with Gasteiger partial charge in [0.1, 0.15) is 0 Å². The fourth-order valence-electron chi connectivity index (χ4n) is 1.52. The van der Waals surface area contributed by atoms with Gasteiger partial charge in [-0.1, -0.05) is 18.2 Å². The molecule has 0 atom stereocenters. The summed E-state index contributed by atoms with van der Waals surface area (Å²) < 4.78 is 4.80. The van der Waals surface area contributed by atoms with Crippen LogP contribution in [-0.2, 0) is 14.3 Å². The number of amides is 1. The van der Waals surface area contributed by atoms with E-state index in [-0.39, 0.29) is 5.91 Å². The quantitative estimate of drug-likeness (QED) is 0.657. The number of nitrogens with one attached hydrogen (secondary N) is 1. The molecule has 1 amide bonds. The van der Waals surface area contributed by atoms with Gasteiger partial charge in [-0.2, -0.15) is 0 Å². The Balaban J connectivity index is 2.97. The maximum atomic E-state index is 11.2. The third-order valence-corrected chi connectivity index (χ3v) is 2.29. The molecule has 0 aliphatic rings. The van der Waals surface area contributed by atoms with Crippen LogP contribution in [0.1, 0.15) is 25.0 Å². The Morgan fingerprint density at radius 1 is 1.39 bits per heavy atom. The van der Waals surface area contributed by atoms with Crippen LogP contribution >= 0.6 is 0 Å². The first-order valence-electron chi connectivity index (χ1n) is 5.76. The summed E-state index contributed by atoms with van der Waals surface area (Å²) in [6, 6.07) is 5.59. The maximum absolute atomic E-state index is 11.2. The Kier molecular flexibility index (Phi) is 5.11. The second kappa shape index (κ2) is 6.59. The van der Waals surface area contributed by atoms with Crippen LogP contribution in [0.5, 0.6) is 0 Å². The van der Waals surface area contributed by atoms with Gasteiger partial charge < -0.3 is 10.1 Å². The average molecular weight is 247 g/mol. The topological polar surface area (TPSA) is 55.4 Å². The van der Waals surface area contributed by atoms with Crippen molar-refractivity contribution in [3.8, 4) is 0 Å². The van der Waals surface area contributed by atoms with E-state index in [1.807, 2.05) is 25.1 Å². The number of para-hydroxylation sites is 1. The van der Waals surface area contributed by atoms with Gasteiger partial charge in [0, 0.05) is 13.0 Å². The molecule has 4 nitrogen and oxygen atoms in total. The third kappa shape index (κ3) is 4.05. The molecule has 18 heavy (non-hydrogen) atoms. The zero-order chi connectivity index (χ0) is 13.5. The molecule has 0 aromatic heterocycles. The molecule has 0 saturated carbocycles. The maximum Gasteiger partial charge on any atom is 0.330 e. The average Bonchev–Trinajstić information content (AvgIpc) is 2.30. The molecule has 0 heterocycles. The standard InChI is InChI=1S/C14H17NO3/c1-4-18-13(17)9-8-12-7-5-6-10(2)14(12)15-11(3)16/h5-9H,4H2,1-3H3,(H,15,16)/b9-8+. The van der Waals surface area contributed by atoms with Crippen LogP contribution in [-0.4, -0.2) is 18.5 Å². The summed E-state index contributed by atoms with van der Waals surface area (Å²) in [7, 11) is 0. The summed E-state index contributed by atoms with van der Waals surface area (Å²) in [5.41, 5.74) is 2.43. The number of hydrogen-bond acceptors (Lipinski definition) is 3. The molecule has 0 bridgehead atoms. The molecule has 0 fully saturated rings. The summed E-state index contributed by atoms with van der Waals surface area (Å²) in [6.45, 7) is 5.44. The Bertz CT molecular complexity index is 478. The molecule has 1 aromatic rings. The first-order valence-corrected chi connectivity index (χ1v) is 5.76. The first-order chi connectivity index (χ1) is 8.54. The van der Waals surface area contributed by atoms with Crippen molar-refractivity contribution in [3.05, 3.63) is 35.4 Å². The lowest BCUT2D eigenvalue weighted by atomic mass is 10.1.